The van der Waals surface area contributed by atoms with Crippen molar-refractivity contribution >= 4 is 27.5 Å². The Balaban J connectivity index is 4.03. The Labute approximate surface area is 57.4 Å². The molecule has 0 bridgehead atoms. The van der Waals surface area contributed by atoms with Crippen LogP contribution in [0.1, 0.15) is 0 Å². The maximum atomic E-state index is 11.2. The fraction of sp³-hybridized carbons (Fsp3) is 0.333. The molecule has 48 valence electrons. The van der Waals surface area contributed by atoms with Crippen LogP contribution in [-0.4, -0.2) is 6.18 Å². The highest BCUT2D eigenvalue weighted by Crippen LogP contribution is 2.30. The summed E-state index contributed by atoms with van der Waals surface area (Å²) in [7, 11) is 0. The van der Waals surface area contributed by atoms with E-state index in [4.69, 9.17) is 11.6 Å². The molecule has 0 spiro atoms. The Morgan fingerprint density at radius 1 is 1.50 bits per heavy atom. The van der Waals surface area contributed by atoms with Crippen molar-refractivity contribution in [3.63, 3.8) is 0 Å². The third-order valence-electron chi connectivity index (χ3n) is 0.367. The first-order valence-corrected chi connectivity index (χ1v) is 2.74. The number of alkyl halides is 3. The second kappa shape index (κ2) is 2.73. The molecular formula is C3HBrClF3. The van der Waals surface area contributed by atoms with Crippen LogP contribution < -0.4 is 0 Å². The minimum absolute atomic E-state index is 0.431. The average molecular weight is 209 g/mol. The quantitative estimate of drug-likeness (QED) is 0.575. The third kappa shape index (κ3) is 2.57. The van der Waals surface area contributed by atoms with E-state index in [-0.39, 0.29) is 0 Å². The Hall–Kier alpha value is 0.300. The SMILES string of the molecule is FC(F)(F)C(Br)=CCl. The molecule has 0 N–H and O–H groups in total. The van der Waals surface area contributed by atoms with Crippen LogP contribution in [-0.2, 0) is 0 Å². The van der Waals surface area contributed by atoms with Gasteiger partial charge >= 0.3 is 6.18 Å². The molecule has 0 aromatic heterocycles. The molecule has 5 heteroatoms. The number of rotatable bonds is 0. The summed E-state index contributed by atoms with van der Waals surface area (Å²) in [5.41, 5.74) is 0.431. The predicted molar refractivity (Wildman–Crippen MR) is 28.9 cm³/mol. The molecule has 0 fully saturated rings. The highest BCUT2D eigenvalue weighted by atomic mass is 79.9. The Morgan fingerprint density at radius 2 is 1.88 bits per heavy atom. The molecule has 0 aliphatic heterocycles. The average Bonchev–Trinajstić information content (AvgIpc) is 1.62. The van der Waals surface area contributed by atoms with Gasteiger partial charge < -0.3 is 0 Å². The first-order valence-electron chi connectivity index (χ1n) is 1.51. The molecule has 0 aromatic carbocycles. The molecule has 0 unspecified atom stereocenters. The molecule has 0 rings (SSSR count). The van der Waals surface area contributed by atoms with Crippen molar-refractivity contribution in [1.29, 1.82) is 0 Å². The molecule has 0 atom stereocenters. The van der Waals surface area contributed by atoms with Gasteiger partial charge in [-0.25, -0.2) is 0 Å². The summed E-state index contributed by atoms with van der Waals surface area (Å²) < 4.78 is 32.8. The van der Waals surface area contributed by atoms with Crippen LogP contribution in [0, 0.1) is 0 Å². The lowest BCUT2D eigenvalue weighted by Crippen LogP contribution is -2.05. The lowest BCUT2D eigenvalue weighted by atomic mass is 10.6. The van der Waals surface area contributed by atoms with Crippen molar-refractivity contribution in [3.05, 3.63) is 10.0 Å². The van der Waals surface area contributed by atoms with Gasteiger partial charge in [0.05, 0.1) is 0 Å². The predicted octanol–water partition coefficient (Wildman–Crippen LogP) is 3.02. The van der Waals surface area contributed by atoms with E-state index < -0.39 is 10.7 Å². The molecular weight excluding hydrogens is 208 g/mol. The second-order valence-electron chi connectivity index (χ2n) is 0.955. The monoisotopic (exact) mass is 208 g/mol. The highest BCUT2D eigenvalue weighted by Gasteiger charge is 2.31. The summed E-state index contributed by atoms with van der Waals surface area (Å²) in [6, 6.07) is 0. The van der Waals surface area contributed by atoms with E-state index in [1.807, 2.05) is 0 Å². The molecule has 0 saturated carbocycles. The van der Waals surface area contributed by atoms with Crippen molar-refractivity contribution in [1.82, 2.24) is 0 Å². The number of hydrogen-bond donors (Lipinski definition) is 0. The Kier molecular flexibility index (Phi) is 2.83. The molecule has 0 nitrogen and oxygen atoms in total. The Morgan fingerprint density at radius 3 is 1.88 bits per heavy atom. The largest absolute Gasteiger partial charge is 0.423 e. The molecule has 0 aliphatic rings. The molecule has 8 heavy (non-hydrogen) atoms. The normalized spacial score (nSPS) is 14.4. The summed E-state index contributed by atoms with van der Waals surface area (Å²) in [4.78, 5) is 0. The molecule has 0 heterocycles. The third-order valence-corrected chi connectivity index (χ3v) is 1.53. The van der Waals surface area contributed by atoms with Crippen LogP contribution in [0.4, 0.5) is 13.2 Å². The topological polar surface area (TPSA) is 0 Å². The molecule has 0 aliphatic carbocycles. The van der Waals surface area contributed by atoms with Crippen LogP contribution in [0.25, 0.3) is 0 Å². The summed E-state index contributed by atoms with van der Waals surface area (Å²) >= 11 is 6.91. The zero-order valence-corrected chi connectivity index (χ0v) is 5.81. The zero-order chi connectivity index (χ0) is 6.78. The standard InChI is InChI=1S/C3HBrClF3/c4-2(1-5)3(6,7)8/h1H. The van der Waals surface area contributed by atoms with E-state index in [1.54, 1.807) is 0 Å². The number of hydrogen-bond acceptors (Lipinski definition) is 0. The van der Waals surface area contributed by atoms with Crippen LogP contribution in [0.15, 0.2) is 10.0 Å². The number of allylic oxidation sites excluding steroid dienone is 1. The van der Waals surface area contributed by atoms with E-state index >= 15 is 0 Å². The van der Waals surface area contributed by atoms with Gasteiger partial charge in [0.2, 0.25) is 0 Å². The van der Waals surface area contributed by atoms with Gasteiger partial charge in [-0.05, 0) is 15.9 Å². The van der Waals surface area contributed by atoms with Crippen LogP contribution in [0.3, 0.4) is 0 Å². The van der Waals surface area contributed by atoms with Gasteiger partial charge in [-0.1, -0.05) is 11.6 Å². The van der Waals surface area contributed by atoms with Gasteiger partial charge in [0.1, 0.15) is 4.48 Å². The summed E-state index contributed by atoms with van der Waals surface area (Å²) in [5.74, 6) is 0. The van der Waals surface area contributed by atoms with E-state index in [2.05, 4.69) is 15.9 Å². The maximum Gasteiger partial charge on any atom is 0.423 e. The number of halogens is 5. The van der Waals surface area contributed by atoms with E-state index in [9.17, 15) is 13.2 Å². The van der Waals surface area contributed by atoms with Gasteiger partial charge in [-0.15, -0.1) is 0 Å². The molecule has 0 saturated heterocycles. The fourth-order valence-electron chi connectivity index (χ4n) is 0.0619. The van der Waals surface area contributed by atoms with Crippen LogP contribution in [0.2, 0.25) is 0 Å². The van der Waals surface area contributed by atoms with Crippen molar-refractivity contribution in [2.75, 3.05) is 0 Å². The van der Waals surface area contributed by atoms with Gasteiger partial charge in [0, 0.05) is 5.54 Å². The van der Waals surface area contributed by atoms with E-state index in [0.717, 1.165) is 0 Å². The zero-order valence-electron chi connectivity index (χ0n) is 3.47. The first kappa shape index (κ1) is 8.30. The maximum absolute atomic E-state index is 11.2. The van der Waals surface area contributed by atoms with Gasteiger partial charge in [-0.2, -0.15) is 13.2 Å². The summed E-state index contributed by atoms with van der Waals surface area (Å²) in [6.45, 7) is 0. The van der Waals surface area contributed by atoms with E-state index in [0.29, 0.717) is 5.54 Å². The van der Waals surface area contributed by atoms with Crippen molar-refractivity contribution < 1.29 is 13.2 Å². The summed E-state index contributed by atoms with van der Waals surface area (Å²) in [6.07, 6.45) is -4.35. The fourth-order valence-corrected chi connectivity index (χ4v) is 0.186. The smallest absolute Gasteiger partial charge is 0.166 e. The minimum Gasteiger partial charge on any atom is -0.166 e. The first-order chi connectivity index (χ1) is 3.48. The lowest BCUT2D eigenvalue weighted by molar-refractivity contribution is -0.0827. The lowest BCUT2D eigenvalue weighted by Gasteiger charge is -2.00. The second-order valence-corrected chi connectivity index (χ2v) is 2.03. The summed E-state index contributed by atoms with van der Waals surface area (Å²) in [5, 5.41) is 0. The molecule has 0 amide bonds. The van der Waals surface area contributed by atoms with E-state index in [1.165, 1.54) is 0 Å². The van der Waals surface area contributed by atoms with Crippen molar-refractivity contribution in [2.24, 2.45) is 0 Å². The van der Waals surface area contributed by atoms with Crippen molar-refractivity contribution in [2.45, 2.75) is 6.18 Å². The van der Waals surface area contributed by atoms with Gasteiger partial charge in [0.25, 0.3) is 0 Å². The minimum atomic E-state index is -4.35. The Bertz CT molecular complexity index is 106. The van der Waals surface area contributed by atoms with Crippen LogP contribution >= 0.6 is 27.5 Å². The van der Waals surface area contributed by atoms with Gasteiger partial charge in [0.15, 0.2) is 0 Å². The van der Waals surface area contributed by atoms with Crippen molar-refractivity contribution in [3.8, 4) is 0 Å². The molecule has 0 aromatic rings. The van der Waals surface area contributed by atoms with Crippen LogP contribution in [0.5, 0.6) is 0 Å². The molecule has 0 radical (unpaired) electrons. The highest BCUT2D eigenvalue weighted by molar-refractivity contribution is 9.11. The van der Waals surface area contributed by atoms with Gasteiger partial charge in [-0.3, -0.25) is 0 Å².